The first-order valence-corrected chi connectivity index (χ1v) is 33.7. The van der Waals surface area contributed by atoms with Crippen LogP contribution in [-0.4, -0.2) is 269 Å². The third-order valence-electron chi connectivity index (χ3n) is 8.12. The molecule has 0 bridgehead atoms. The van der Waals surface area contributed by atoms with Crippen molar-refractivity contribution in [2.75, 3.05) is 26.4 Å². The van der Waals surface area contributed by atoms with Gasteiger partial charge in [-0.3, -0.25) is 50.2 Å². The maximum Gasteiger partial charge on any atom is 1.00 e. The minimum absolute atomic E-state index is 0. The standard InChI is InChI=1S/C18H34O51S12.12K.H2O/c19-70(20)60-9(7(61-73(27,28)29)1-54-17-15(68-80(48,49)50)13(66-78(42,43)44)10(63-75(33,34)35)5(58-17)3-56-71(21,22)23)12(65-77(39,40)41)8(62-74(30,31)32)2-55-18-16(69-81(51,52)53)14(67-79(45,46)47)11(64-76(36,37)38)6(59-18)4-57-72(24,25)26;;;;;;;;;;;;;/h5-18H,1-4H2,(H,19,20)(H,21,22,23)(H,24,25,26)(H,27,28,29)(H,30,31,32)(H,33,34,35)(H,36,37,38)(H,39,40,41)(H,42,43,44)(H,45,46,47)(H,48,49,50)(H,51,52,53);;;;;;;;;;;;;1H2/q;12*+1;/p-13/t5-,6-,7-,8-,9-,10-,11-,12-,13+,14+,15-,16-,17-,18-;;;;;;;;;;;;;/m1............./s1. The van der Waals surface area contributed by atoms with Gasteiger partial charge in [-0.05, 0) is 0 Å². The van der Waals surface area contributed by atoms with Gasteiger partial charge in [0, 0.05) is 0 Å². The summed E-state index contributed by atoms with van der Waals surface area (Å²) < 4.78 is 476. The number of ether oxygens (including phenoxy) is 4. The second kappa shape index (κ2) is 60.6. The first-order valence-electron chi connectivity index (χ1n) is 18.1. The molecule has 0 aromatic carbocycles. The van der Waals surface area contributed by atoms with E-state index < -0.39 is 238 Å². The first kappa shape index (κ1) is 138. The van der Waals surface area contributed by atoms with Gasteiger partial charge in [0.15, 0.2) is 24.8 Å². The fourth-order valence-electron chi connectivity index (χ4n) is 5.99. The van der Waals surface area contributed by atoms with Gasteiger partial charge in [0.2, 0.25) is 114 Å². The van der Waals surface area contributed by atoms with Gasteiger partial charge < -0.3 is 79.1 Å². The van der Waals surface area contributed by atoms with Crippen LogP contribution in [0.2, 0.25) is 0 Å². The molecule has 52 nitrogen and oxygen atoms in total. The number of hydrogen-bond acceptors (Lipinski definition) is 52. The molecular formula is C18H23K12O52S12-. The molecule has 0 saturated carbocycles. The van der Waals surface area contributed by atoms with Gasteiger partial charge in [-0.15, -0.1) is 0 Å². The van der Waals surface area contributed by atoms with Crippen LogP contribution in [0.15, 0.2) is 0 Å². The Labute approximate surface area is 1050 Å². The fraction of sp³-hybridized carbons (Fsp3) is 1.00. The minimum atomic E-state index is -7.00. The smallest absolute Gasteiger partial charge is 0.870 e. The summed E-state index contributed by atoms with van der Waals surface area (Å²) in [4.78, 5) is 0. The quantitative estimate of drug-likeness (QED) is 0.0246. The molecule has 0 amide bonds. The summed E-state index contributed by atoms with van der Waals surface area (Å²) in [6, 6.07) is 0. The van der Waals surface area contributed by atoms with Gasteiger partial charge in [-0.1, -0.05) is 0 Å². The van der Waals surface area contributed by atoms with E-state index in [2.05, 4.69) is 50.2 Å². The molecule has 0 aromatic rings. The molecular weight excluding hydrogens is 1900 g/mol. The van der Waals surface area contributed by atoms with Gasteiger partial charge in [0.05, 0.1) is 37.8 Å². The largest absolute Gasteiger partial charge is 1.00 e. The summed E-state index contributed by atoms with van der Waals surface area (Å²) in [5, 5.41) is 0. The van der Waals surface area contributed by atoms with Crippen LogP contribution in [0.4, 0.5) is 0 Å². The molecule has 0 aliphatic carbocycles. The monoisotopic (exact) mass is 1920 g/mol. The molecule has 2 heterocycles. The van der Waals surface area contributed by atoms with Crippen molar-refractivity contribution in [1.82, 2.24) is 0 Å². The minimum Gasteiger partial charge on any atom is -0.870 e. The average molecular weight is 1930 g/mol. The van der Waals surface area contributed by atoms with Crippen molar-refractivity contribution in [3.63, 3.8) is 0 Å². The van der Waals surface area contributed by atoms with Gasteiger partial charge in [-0.25, -0.2) is 96.8 Å². The van der Waals surface area contributed by atoms with Crippen molar-refractivity contribution < 1.29 is 843 Å². The zero-order valence-electron chi connectivity index (χ0n) is 49.1. The Balaban J connectivity index is -0.000000517. The van der Waals surface area contributed by atoms with Gasteiger partial charge in [-0.2, -0.15) is 0 Å². The molecule has 0 spiro atoms. The molecule has 2 rings (SSSR count). The summed E-state index contributed by atoms with van der Waals surface area (Å²) in [6.07, 6.45) is -51.5. The maximum atomic E-state index is 12.1. The van der Waals surface area contributed by atoms with Crippen molar-refractivity contribution in [2.24, 2.45) is 0 Å². The third kappa shape index (κ3) is 65.8. The van der Waals surface area contributed by atoms with Gasteiger partial charge in [0.1, 0.15) is 61.0 Å². The molecule has 2 aliphatic rings. The predicted molar refractivity (Wildman–Crippen MR) is 207 cm³/mol. The van der Waals surface area contributed by atoms with Crippen molar-refractivity contribution in [2.45, 2.75) is 85.8 Å². The van der Waals surface area contributed by atoms with Crippen LogP contribution in [0.1, 0.15) is 0 Å². The molecule has 1 N–H and O–H groups in total. The fourth-order valence-corrected chi connectivity index (χ4v) is 11.4. The van der Waals surface area contributed by atoms with E-state index in [1.54, 1.807) is 0 Å². The summed E-state index contributed by atoms with van der Waals surface area (Å²) >= 11 is -4.69. The predicted octanol–water partition coefficient (Wildman–Crippen LogP) is -49.9. The molecule has 2 saturated heterocycles. The SMILES string of the molecule is O=S([O-])O[C@@H]([C@H](OS(=O)(=O)[O-])[C@@H](CO[C@@H]1O[C@H](COS(=O)(=O)[O-])[C@@H](OS(=O)(=O)[O-])[C@H](OS(=O)(=O)[O-])[C@H]1OS(=O)(=O)[O-])OS(=O)(=O)[O-])[C@@H](CO[C@@H]1O[C@H](COS(=O)(=O)[O-])[C@@H](OS(=O)(=O)[O-])[C@H](OS(=O)(=O)[O-])[C@H]1OS(=O)(=O)[O-])OS(=O)(=O)[O-].[K+].[K+].[K+].[K+].[K+].[K+].[K+].[K+].[K+].[K+].[K+].[K+].[OH-]. The van der Waals surface area contributed by atoms with Crippen LogP contribution in [0.25, 0.3) is 0 Å². The van der Waals surface area contributed by atoms with Crippen LogP contribution >= 0.6 is 0 Å². The van der Waals surface area contributed by atoms with E-state index in [-0.39, 0.29) is 622 Å². The Morgan fingerprint density at radius 3 is 0.755 bits per heavy atom. The van der Waals surface area contributed by atoms with E-state index in [0.717, 1.165) is 0 Å². The van der Waals surface area contributed by atoms with E-state index in [0.29, 0.717) is 0 Å². The Hall–Kier alpha value is 18.1. The molecule has 0 aromatic heterocycles. The Kier molecular flexibility index (Phi) is 89.0. The zero-order chi connectivity index (χ0) is 63.3. The van der Waals surface area contributed by atoms with Crippen LogP contribution in [0, 0.1) is 0 Å². The average Bonchev–Trinajstić information content (AvgIpc) is 3.17. The third-order valence-corrected chi connectivity index (χ3v) is 13.5. The summed E-state index contributed by atoms with van der Waals surface area (Å²) in [6.45, 7) is -9.73. The Morgan fingerprint density at radius 2 is 0.543 bits per heavy atom. The number of hydrogen-bond donors (Lipinski definition) is 0. The van der Waals surface area contributed by atoms with Gasteiger partial charge in [0.25, 0.3) is 0 Å². The normalized spacial score (nSPS) is 23.7. The van der Waals surface area contributed by atoms with Crippen LogP contribution in [-0.2, 0) is 195 Å². The van der Waals surface area contributed by atoms with Crippen LogP contribution in [0.5, 0.6) is 0 Å². The zero-order valence-corrected chi connectivity index (χ0v) is 96.4. The molecule has 492 valence electrons. The van der Waals surface area contributed by atoms with Crippen molar-refractivity contribution >= 4 is 126 Å². The van der Waals surface area contributed by atoms with E-state index in [1.165, 1.54) is 0 Å². The molecule has 2 aliphatic heterocycles. The molecule has 0 radical (unpaired) electrons. The summed E-state index contributed by atoms with van der Waals surface area (Å²) in [5.74, 6) is 0. The van der Waals surface area contributed by atoms with E-state index in [9.17, 15) is 151 Å². The van der Waals surface area contributed by atoms with Crippen molar-refractivity contribution in [3.05, 3.63) is 0 Å². The van der Waals surface area contributed by atoms with Gasteiger partial charge >= 0.3 is 617 Å². The first-order chi connectivity index (χ1) is 35.8. The summed E-state index contributed by atoms with van der Waals surface area (Å²) in [5.41, 5.74) is 0. The Morgan fingerprint density at radius 1 is 0.319 bits per heavy atom. The van der Waals surface area contributed by atoms with Crippen LogP contribution < -0.4 is 617 Å². The van der Waals surface area contributed by atoms with E-state index in [1.807, 2.05) is 0 Å². The topological polar surface area (TPSA) is 847 Å². The van der Waals surface area contributed by atoms with Crippen molar-refractivity contribution in [1.29, 1.82) is 0 Å². The second-order valence-electron chi connectivity index (χ2n) is 13.8. The van der Waals surface area contributed by atoms with E-state index >= 15 is 0 Å². The van der Waals surface area contributed by atoms with E-state index in [4.69, 9.17) is 18.9 Å². The molecule has 94 heavy (non-hydrogen) atoms. The van der Waals surface area contributed by atoms with Crippen molar-refractivity contribution in [3.8, 4) is 0 Å². The molecule has 76 heteroatoms. The molecule has 2 fully saturated rings. The second-order valence-corrected chi connectivity index (χ2v) is 25.6. The van der Waals surface area contributed by atoms with Crippen LogP contribution in [0.3, 0.4) is 0 Å². The molecule has 1 unspecified atom stereocenters. The maximum absolute atomic E-state index is 12.1. The molecule has 15 atom stereocenters. The summed E-state index contributed by atoms with van der Waals surface area (Å²) in [7, 11) is -72.8. The number of rotatable bonds is 35. The Bertz CT molecular complexity index is 3530.